The van der Waals surface area contributed by atoms with Crippen LogP contribution in [0.15, 0.2) is 66.9 Å². The van der Waals surface area contributed by atoms with E-state index in [0.717, 1.165) is 16.7 Å². The number of rotatable bonds is 5. The third-order valence-electron chi connectivity index (χ3n) is 5.51. The normalized spacial score (nSPS) is 14.4. The average molecular weight is 428 g/mol. The van der Waals surface area contributed by atoms with Crippen LogP contribution in [0.3, 0.4) is 0 Å². The van der Waals surface area contributed by atoms with E-state index in [-0.39, 0.29) is 11.5 Å². The van der Waals surface area contributed by atoms with Gasteiger partial charge < -0.3 is 15.5 Å². The van der Waals surface area contributed by atoms with Crippen molar-refractivity contribution in [3.05, 3.63) is 89.1 Å². The molecule has 32 heavy (non-hydrogen) atoms. The van der Waals surface area contributed by atoms with E-state index in [1.165, 1.54) is 17.7 Å². The van der Waals surface area contributed by atoms with Gasteiger partial charge in [-0.1, -0.05) is 50.2 Å². The second kappa shape index (κ2) is 8.59. The van der Waals surface area contributed by atoms with Crippen molar-refractivity contribution in [2.45, 2.75) is 26.3 Å². The Hall–Kier alpha value is -4.06. The molecule has 0 radical (unpaired) electrons. The van der Waals surface area contributed by atoms with E-state index in [9.17, 15) is 19.8 Å². The highest BCUT2D eigenvalue weighted by molar-refractivity contribution is 6.31. The van der Waals surface area contributed by atoms with E-state index in [4.69, 9.17) is 0 Å². The Morgan fingerprint density at radius 2 is 1.66 bits per heavy atom. The van der Waals surface area contributed by atoms with Crippen LogP contribution in [-0.2, 0) is 11.3 Å². The standard InChI is InChI=1S/C26H24N2O4/c1-15(2)17-4-3-5-18(11-17)19-7-8-20-21(12-19)22(26(32)28-25(20)31)14-27-13-16-6-9-23(29)24(30)10-16/h3-12,14-15,27,29-30H,13H2,1-2H3,(H,28,31,32). The Morgan fingerprint density at radius 1 is 0.875 bits per heavy atom. The number of hydrogen-bond acceptors (Lipinski definition) is 5. The highest BCUT2D eigenvalue weighted by Crippen LogP contribution is 2.31. The van der Waals surface area contributed by atoms with E-state index in [2.05, 4.69) is 36.6 Å². The van der Waals surface area contributed by atoms with Crippen LogP contribution in [-0.4, -0.2) is 22.0 Å². The molecule has 0 unspecified atom stereocenters. The van der Waals surface area contributed by atoms with Gasteiger partial charge in [0.05, 0.1) is 5.57 Å². The largest absolute Gasteiger partial charge is 0.504 e. The van der Waals surface area contributed by atoms with Gasteiger partial charge in [0, 0.05) is 23.9 Å². The summed E-state index contributed by atoms with van der Waals surface area (Å²) in [7, 11) is 0. The number of nitrogens with one attached hydrogen (secondary N) is 2. The maximum absolute atomic E-state index is 12.6. The predicted molar refractivity (Wildman–Crippen MR) is 123 cm³/mol. The van der Waals surface area contributed by atoms with Crippen LogP contribution in [0, 0.1) is 0 Å². The van der Waals surface area contributed by atoms with E-state index in [0.29, 0.717) is 29.2 Å². The number of phenols is 2. The maximum Gasteiger partial charge on any atom is 0.260 e. The molecule has 0 saturated carbocycles. The SMILES string of the molecule is CC(C)c1cccc(-c2ccc3c(c2)C(=CNCc2ccc(O)c(O)c2)C(=O)NC3=O)c1. The van der Waals surface area contributed by atoms with Crippen LogP contribution in [0.2, 0.25) is 0 Å². The first kappa shape index (κ1) is 21.2. The van der Waals surface area contributed by atoms with Gasteiger partial charge in [0.2, 0.25) is 0 Å². The van der Waals surface area contributed by atoms with E-state index in [1.54, 1.807) is 18.3 Å². The zero-order chi connectivity index (χ0) is 22.8. The lowest BCUT2D eigenvalue weighted by Crippen LogP contribution is -2.37. The second-order valence-electron chi connectivity index (χ2n) is 8.09. The van der Waals surface area contributed by atoms with Gasteiger partial charge in [-0.3, -0.25) is 14.9 Å². The third-order valence-corrected chi connectivity index (χ3v) is 5.51. The zero-order valence-electron chi connectivity index (χ0n) is 17.8. The van der Waals surface area contributed by atoms with Crippen LogP contribution in [0.4, 0.5) is 0 Å². The molecule has 6 heteroatoms. The Balaban J connectivity index is 1.67. The summed E-state index contributed by atoms with van der Waals surface area (Å²) in [6, 6.07) is 18.2. The van der Waals surface area contributed by atoms with Crippen molar-refractivity contribution >= 4 is 17.4 Å². The molecule has 3 aromatic rings. The molecule has 0 aromatic heterocycles. The molecule has 4 N–H and O–H groups in total. The smallest absolute Gasteiger partial charge is 0.260 e. The summed E-state index contributed by atoms with van der Waals surface area (Å²) in [6.45, 7) is 4.59. The lowest BCUT2D eigenvalue weighted by Gasteiger charge is -2.20. The summed E-state index contributed by atoms with van der Waals surface area (Å²) in [4.78, 5) is 25.0. The molecule has 1 aliphatic heterocycles. The highest BCUT2D eigenvalue weighted by Gasteiger charge is 2.27. The summed E-state index contributed by atoms with van der Waals surface area (Å²) in [5, 5.41) is 24.5. The minimum atomic E-state index is -0.475. The first-order chi connectivity index (χ1) is 15.3. The van der Waals surface area contributed by atoms with Gasteiger partial charge in [0.15, 0.2) is 11.5 Å². The number of benzene rings is 3. The number of hydrogen-bond donors (Lipinski definition) is 4. The van der Waals surface area contributed by atoms with Crippen molar-refractivity contribution < 1.29 is 19.8 Å². The van der Waals surface area contributed by atoms with Crippen molar-refractivity contribution in [1.82, 2.24) is 10.6 Å². The van der Waals surface area contributed by atoms with Crippen molar-refractivity contribution in [3.8, 4) is 22.6 Å². The van der Waals surface area contributed by atoms with Crippen LogP contribution in [0.1, 0.15) is 46.8 Å². The molecule has 1 heterocycles. The topological polar surface area (TPSA) is 98.7 Å². The lowest BCUT2D eigenvalue weighted by atomic mass is 9.90. The number of phenolic OH excluding ortho intramolecular Hbond substituents is 2. The molecule has 4 rings (SSSR count). The fourth-order valence-corrected chi connectivity index (χ4v) is 3.68. The van der Waals surface area contributed by atoms with Crippen LogP contribution >= 0.6 is 0 Å². The minimum Gasteiger partial charge on any atom is -0.504 e. The van der Waals surface area contributed by atoms with Crippen molar-refractivity contribution in [1.29, 1.82) is 0 Å². The van der Waals surface area contributed by atoms with E-state index in [1.807, 2.05) is 24.3 Å². The van der Waals surface area contributed by atoms with E-state index < -0.39 is 11.8 Å². The number of carbonyl (C=O) groups is 2. The van der Waals surface area contributed by atoms with Crippen LogP contribution < -0.4 is 10.6 Å². The third kappa shape index (κ3) is 4.21. The zero-order valence-corrected chi connectivity index (χ0v) is 17.8. The van der Waals surface area contributed by atoms with Gasteiger partial charge in [-0.15, -0.1) is 0 Å². The van der Waals surface area contributed by atoms with Crippen molar-refractivity contribution in [2.24, 2.45) is 0 Å². The van der Waals surface area contributed by atoms with Crippen molar-refractivity contribution in [3.63, 3.8) is 0 Å². The number of amides is 2. The fourth-order valence-electron chi connectivity index (χ4n) is 3.68. The van der Waals surface area contributed by atoms with Crippen LogP contribution in [0.5, 0.6) is 11.5 Å². The predicted octanol–water partition coefficient (Wildman–Crippen LogP) is 4.29. The molecule has 162 valence electrons. The Morgan fingerprint density at radius 3 is 2.41 bits per heavy atom. The summed E-state index contributed by atoms with van der Waals surface area (Å²) in [5.41, 5.74) is 5.22. The molecule has 0 aliphatic carbocycles. The molecule has 2 amide bonds. The quantitative estimate of drug-likeness (QED) is 0.276. The fraction of sp³-hybridized carbons (Fsp3) is 0.154. The molecule has 0 bridgehead atoms. The first-order valence-electron chi connectivity index (χ1n) is 10.4. The molecular weight excluding hydrogens is 404 g/mol. The number of imide groups is 1. The summed E-state index contributed by atoms with van der Waals surface area (Å²) in [6.07, 6.45) is 1.57. The maximum atomic E-state index is 12.6. The number of aromatic hydroxyl groups is 2. The summed E-state index contributed by atoms with van der Waals surface area (Å²) in [5.74, 6) is -0.916. The highest BCUT2D eigenvalue weighted by atomic mass is 16.3. The lowest BCUT2D eigenvalue weighted by molar-refractivity contribution is -0.114. The molecule has 0 atom stereocenters. The molecule has 1 aliphatic rings. The van der Waals surface area contributed by atoms with Crippen LogP contribution in [0.25, 0.3) is 16.7 Å². The molecular formula is C26H24N2O4. The van der Waals surface area contributed by atoms with Gasteiger partial charge in [-0.2, -0.15) is 0 Å². The molecule has 6 nitrogen and oxygen atoms in total. The molecule has 0 spiro atoms. The number of carbonyl (C=O) groups excluding carboxylic acids is 2. The first-order valence-corrected chi connectivity index (χ1v) is 10.4. The Kier molecular flexibility index (Phi) is 5.69. The van der Waals surface area contributed by atoms with Gasteiger partial charge in [0.1, 0.15) is 0 Å². The van der Waals surface area contributed by atoms with Crippen molar-refractivity contribution in [2.75, 3.05) is 0 Å². The van der Waals surface area contributed by atoms with Gasteiger partial charge in [-0.05, 0) is 52.4 Å². The average Bonchev–Trinajstić information content (AvgIpc) is 2.78. The summed E-state index contributed by atoms with van der Waals surface area (Å²) >= 11 is 0. The monoisotopic (exact) mass is 428 g/mol. The number of fused-ring (bicyclic) bond motifs is 1. The molecule has 3 aromatic carbocycles. The minimum absolute atomic E-state index is 0.194. The van der Waals surface area contributed by atoms with Gasteiger partial charge in [0.25, 0.3) is 11.8 Å². The summed E-state index contributed by atoms with van der Waals surface area (Å²) < 4.78 is 0. The van der Waals surface area contributed by atoms with Gasteiger partial charge in [-0.25, -0.2) is 0 Å². The Bertz CT molecular complexity index is 1240. The second-order valence-corrected chi connectivity index (χ2v) is 8.09. The Labute approximate surface area is 186 Å². The molecule has 0 saturated heterocycles. The van der Waals surface area contributed by atoms with E-state index >= 15 is 0 Å². The molecule has 0 fully saturated rings. The van der Waals surface area contributed by atoms with Gasteiger partial charge >= 0.3 is 0 Å².